The summed E-state index contributed by atoms with van der Waals surface area (Å²) in [7, 11) is 1.59. The Morgan fingerprint density at radius 1 is 1.16 bits per heavy atom. The number of carbonyl (C=O) groups is 2. The number of amides is 2. The van der Waals surface area contributed by atoms with Gasteiger partial charge >= 0.3 is 0 Å². The molecule has 2 N–H and O–H groups in total. The Labute approximate surface area is 148 Å². The molecule has 0 aromatic heterocycles. The van der Waals surface area contributed by atoms with Crippen molar-refractivity contribution in [3.05, 3.63) is 24.3 Å². The van der Waals surface area contributed by atoms with Gasteiger partial charge in [-0.3, -0.25) is 14.5 Å². The number of rotatable bonds is 6. The topological polar surface area (TPSA) is 70.7 Å². The van der Waals surface area contributed by atoms with Crippen molar-refractivity contribution in [1.82, 2.24) is 10.2 Å². The maximum absolute atomic E-state index is 12.3. The lowest BCUT2D eigenvalue weighted by molar-refractivity contribution is -0.128. The van der Waals surface area contributed by atoms with Crippen LogP contribution in [-0.2, 0) is 9.59 Å². The Kier molecular flexibility index (Phi) is 5.91. The van der Waals surface area contributed by atoms with E-state index in [0.717, 1.165) is 38.8 Å². The molecular formula is C19H27N3O3. The van der Waals surface area contributed by atoms with Crippen LogP contribution in [0.4, 0.5) is 5.69 Å². The number of likely N-dealkylation sites (tertiary alicyclic amines) is 1. The lowest BCUT2D eigenvalue weighted by atomic mass is 9.84. The summed E-state index contributed by atoms with van der Waals surface area (Å²) in [4.78, 5) is 26.4. The van der Waals surface area contributed by atoms with Gasteiger partial charge in [0.05, 0.1) is 19.3 Å². The standard InChI is InChI=1S/C19H27N3O3/c1-25-17-8-3-2-7-16(17)21-18(23)13-22-11-9-15(10-12-22)20-19(24)14-5-4-6-14/h2-3,7-8,14-15H,4-6,9-13H2,1H3,(H,20,24)(H,21,23). The number of nitrogens with one attached hydrogen (secondary N) is 2. The predicted octanol–water partition coefficient (Wildman–Crippen LogP) is 2.01. The highest BCUT2D eigenvalue weighted by Crippen LogP contribution is 2.27. The number of nitrogens with zero attached hydrogens (tertiary/aromatic N) is 1. The molecular weight excluding hydrogens is 318 g/mol. The molecule has 0 atom stereocenters. The number of carbonyl (C=O) groups excluding carboxylic acids is 2. The first kappa shape index (κ1) is 17.7. The van der Waals surface area contributed by atoms with E-state index in [0.29, 0.717) is 18.0 Å². The number of hydrogen-bond acceptors (Lipinski definition) is 4. The van der Waals surface area contributed by atoms with Crippen molar-refractivity contribution in [1.29, 1.82) is 0 Å². The molecule has 1 aromatic rings. The van der Waals surface area contributed by atoms with Crippen LogP contribution in [0, 0.1) is 5.92 Å². The first-order valence-electron chi connectivity index (χ1n) is 9.11. The molecule has 0 radical (unpaired) electrons. The fourth-order valence-electron chi connectivity index (χ4n) is 3.37. The normalized spacial score (nSPS) is 19.1. The second kappa shape index (κ2) is 8.34. The highest BCUT2D eigenvalue weighted by Gasteiger charge is 2.28. The van der Waals surface area contributed by atoms with E-state index in [4.69, 9.17) is 4.74 Å². The van der Waals surface area contributed by atoms with E-state index in [9.17, 15) is 9.59 Å². The largest absolute Gasteiger partial charge is 0.495 e. The van der Waals surface area contributed by atoms with E-state index in [1.165, 1.54) is 6.42 Å². The quantitative estimate of drug-likeness (QED) is 0.827. The minimum atomic E-state index is -0.0403. The highest BCUT2D eigenvalue weighted by atomic mass is 16.5. The van der Waals surface area contributed by atoms with Crippen molar-refractivity contribution in [2.75, 3.05) is 32.1 Å². The Morgan fingerprint density at radius 2 is 1.88 bits per heavy atom. The van der Waals surface area contributed by atoms with Gasteiger partial charge in [-0.15, -0.1) is 0 Å². The molecule has 25 heavy (non-hydrogen) atoms. The minimum Gasteiger partial charge on any atom is -0.495 e. The molecule has 1 saturated carbocycles. The lowest BCUT2D eigenvalue weighted by Crippen LogP contribution is -2.48. The van der Waals surface area contributed by atoms with Crippen molar-refractivity contribution in [2.24, 2.45) is 5.92 Å². The summed E-state index contributed by atoms with van der Waals surface area (Å²) in [5.74, 6) is 1.08. The molecule has 1 aromatic carbocycles. The fraction of sp³-hybridized carbons (Fsp3) is 0.579. The number of anilines is 1. The first-order chi connectivity index (χ1) is 12.2. The van der Waals surface area contributed by atoms with Gasteiger partial charge in [0.15, 0.2) is 0 Å². The maximum Gasteiger partial charge on any atom is 0.238 e. The van der Waals surface area contributed by atoms with E-state index in [2.05, 4.69) is 15.5 Å². The number of para-hydroxylation sites is 2. The monoisotopic (exact) mass is 345 g/mol. The van der Waals surface area contributed by atoms with Crippen molar-refractivity contribution in [2.45, 2.75) is 38.1 Å². The predicted molar refractivity (Wildman–Crippen MR) is 96.6 cm³/mol. The van der Waals surface area contributed by atoms with Crippen LogP contribution in [0.15, 0.2) is 24.3 Å². The van der Waals surface area contributed by atoms with Crippen LogP contribution < -0.4 is 15.4 Å². The summed E-state index contributed by atoms with van der Waals surface area (Å²) in [6, 6.07) is 7.65. The third kappa shape index (κ3) is 4.72. The third-order valence-corrected chi connectivity index (χ3v) is 5.16. The van der Waals surface area contributed by atoms with Crippen LogP contribution in [0.25, 0.3) is 0 Å². The summed E-state index contributed by atoms with van der Waals surface area (Å²) in [5, 5.41) is 6.07. The smallest absolute Gasteiger partial charge is 0.238 e. The van der Waals surface area contributed by atoms with Gasteiger partial charge in [0.2, 0.25) is 11.8 Å². The molecule has 2 aliphatic rings. The summed E-state index contributed by atoms with van der Waals surface area (Å²) in [6.45, 7) is 2.02. The fourth-order valence-corrected chi connectivity index (χ4v) is 3.37. The minimum absolute atomic E-state index is 0.0403. The lowest BCUT2D eigenvalue weighted by Gasteiger charge is -2.33. The van der Waals surface area contributed by atoms with Crippen LogP contribution in [0.5, 0.6) is 5.75 Å². The maximum atomic E-state index is 12.3. The average molecular weight is 345 g/mol. The van der Waals surface area contributed by atoms with Gasteiger partial charge < -0.3 is 15.4 Å². The van der Waals surface area contributed by atoms with Crippen LogP contribution in [0.3, 0.4) is 0 Å². The molecule has 1 saturated heterocycles. The SMILES string of the molecule is COc1ccccc1NC(=O)CN1CCC(NC(=O)C2CCC2)CC1. The number of hydrogen-bond donors (Lipinski definition) is 2. The van der Waals surface area contributed by atoms with Gasteiger partial charge in [-0.05, 0) is 37.8 Å². The zero-order valence-electron chi connectivity index (χ0n) is 14.8. The van der Waals surface area contributed by atoms with Crippen molar-refractivity contribution >= 4 is 17.5 Å². The zero-order valence-corrected chi connectivity index (χ0v) is 14.8. The highest BCUT2D eigenvalue weighted by molar-refractivity contribution is 5.93. The van der Waals surface area contributed by atoms with Gasteiger partial charge in [0.1, 0.15) is 5.75 Å². The molecule has 1 aliphatic heterocycles. The van der Waals surface area contributed by atoms with Crippen LogP contribution in [-0.4, -0.2) is 49.5 Å². The molecule has 3 rings (SSSR count). The molecule has 0 unspecified atom stereocenters. The van der Waals surface area contributed by atoms with Crippen molar-refractivity contribution in [3.63, 3.8) is 0 Å². The molecule has 1 aliphatic carbocycles. The molecule has 136 valence electrons. The van der Waals surface area contributed by atoms with E-state index in [-0.39, 0.29) is 23.8 Å². The Morgan fingerprint density at radius 3 is 2.52 bits per heavy atom. The Balaban J connectivity index is 1.41. The van der Waals surface area contributed by atoms with Gasteiger partial charge in [0, 0.05) is 25.0 Å². The Hall–Kier alpha value is -2.08. The van der Waals surface area contributed by atoms with Gasteiger partial charge in [0.25, 0.3) is 0 Å². The second-order valence-electron chi connectivity index (χ2n) is 6.94. The summed E-state index contributed by atoms with van der Waals surface area (Å²) < 4.78 is 5.25. The van der Waals surface area contributed by atoms with Gasteiger partial charge in [-0.2, -0.15) is 0 Å². The summed E-state index contributed by atoms with van der Waals surface area (Å²) in [5.41, 5.74) is 0.692. The van der Waals surface area contributed by atoms with E-state index in [1.807, 2.05) is 24.3 Å². The summed E-state index contributed by atoms with van der Waals surface area (Å²) >= 11 is 0. The molecule has 2 amide bonds. The van der Waals surface area contributed by atoms with Crippen molar-refractivity contribution in [3.8, 4) is 5.75 Å². The molecule has 2 fully saturated rings. The molecule has 0 spiro atoms. The van der Waals surface area contributed by atoms with E-state index in [1.54, 1.807) is 7.11 Å². The molecule has 0 bridgehead atoms. The second-order valence-corrected chi connectivity index (χ2v) is 6.94. The van der Waals surface area contributed by atoms with E-state index < -0.39 is 0 Å². The molecule has 1 heterocycles. The Bertz CT molecular complexity index is 608. The molecule has 6 heteroatoms. The molecule has 6 nitrogen and oxygen atoms in total. The van der Waals surface area contributed by atoms with Gasteiger partial charge in [-0.1, -0.05) is 18.6 Å². The summed E-state index contributed by atoms with van der Waals surface area (Å²) in [6.07, 6.45) is 5.06. The number of ether oxygens (including phenoxy) is 1. The number of piperidine rings is 1. The van der Waals surface area contributed by atoms with Crippen LogP contribution >= 0.6 is 0 Å². The zero-order chi connectivity index (χ0) is 17.6. The number of benzene rings is 1. The van der Waals surface area contributed by atoms with Crippen LogP contribution in [0.2, 0.25) is 0 Å². The first-order valence-corrected chi connectivity index (χ1v) is 9.11. The third-order valence-electron chi connectivity index (χ3n) is 5.16. The van der Waals surface area contributed by atoms with E-state index >= 15 is 0 Å². The average Bonchev–Trinajstić information content (AvgIpc) is 2.55. The van der Waals surface area contributed by atoms with Crippen LogP contribution in [0.1, 0.15) is 32.1 Å². The van der Waals surface area contributed by atoms with Gasteiger partial charge in [-0.25, -0.2) is 0 Å². The van der Waals surface area contributed by atoms with Crippen molar-refractivity contribution < 1.29 is 14.3 Å². The number of methoxy groups -OCH3 is 1.